The van der Waals surface area contributed by atoms with E-state index in [9.17, 15) is 0 Å². The number of aryl methyl sites for hydroxylation is 2. The van der Waals surface area contributed by atoms with Crippen LogP contribution in [-0.4, -0.2) is 5.16 Å². The number of hydrogen-bond acceptors (Lipinski definition) is 4. The Morgan fingerprint density at radius 1 is 1.10 bits per heavy atom. The summed E-state index contributed by atoms with van der Waals surface area (Å²) in [4.78, 5) is 0. The lowest BCUT2D eigenvalue weighted by Gasteiger charge is -2.05. The van der Waals surface area contributed by atoms with Gasteiger partial charge in [-0.2, -0.15) is 0 Å². The Kier molecular flexibility index (Phi) is 3.43. The molecule has 3 aromatic rings. The molecule has 2 N–H and O–H groups in total. The van der Waals surface area contributed by atoms with Crippen LogP contribution in [0, 0.1) is 13.8 Å². The highest BCUT2D eigenvalue weighted by atomic mass is 35.5. The van der Waals surface area contributed by atoms with Crippen LogP contribution in [0.15, 0.2) is 33.2 Å². The third-order valence-electron chi connectivity index (χ3n) is 3.22. The van der Waals surface area contributed by atoms with Crippen LogP contribution < -0.4 is 5.73 Å². The summed E-state index contributed by atoms with van der Waals surface area (Å²) >= 11 is 12.2. The lowest BCUT2D eigenvalue weighted by atomic mass is 10.0. The SMILES string of the molecule is Cc1cc(-c2noc(N)c2-c2ccc(Cl)cc2Cl)c(C)o1. The number of nitrogens with two attached hydrogens (primary N) is 1. The summed E-state index contributed by atoms with van der Waals surface area (Å²) in [5, 5.41) is 5.08. The van der Waals surface area contributed by atoms with Gasteiger partial charge in [-0.05, 0) is 32.0 Å². The predicted molar refractivity (Wildman–Crippen MR) is 83.5 cm³/mol. The second-order valence-corrected chi connectivity index (χ2v) is 5.57. The van der Waals surface area contributed by atoms with Crippen LogP contribution in [0.2, 0.25) is 10.0 Å². The van der Waals surface area contributed by atoms with Gasteiger partial charge < -0.3 is 14.7 Å². The van der Waals surface area contributed by atoms with Crippen molar-refractivity contribution >= 4 is 29.1 Å². The van der Waals surface area contributed by atoms with Gasteiger partial charge in [0.15, 0.2) is 0 Å². The van der Waals surface area contributed by atoms with Gasteiger partial charge in [-0.15, -0.1) is 0 Å². The van der Waals surface area contributed by atoms with Crippen LogP contribution in [-0.2, 0) is 0 Å². The van der Waals surface area contributed by atoms with Crippen LogP contribution in [0.1, 0.15) is 11.5 Å². The maximum Gasteiger partial charge on any atom is 0.230 e. The summed E-state index contributed by atoms with van der Waals surface area (Å²) in [7, 11) is 0. The first-order valence-electron chi connectivity index (χ1n) is 6.25. The second-order valence-electron chi connectivity index (χ2n) is 4.72. The number of benzene rings is 1. The molecule has 108 valence electrons. The van der Waals surface area contributed by atoms with Crippen LogP contribution in [0.3, 0.4) is 0 Å². The molecule has 21 heavy (non-hydrogen) atoms. The van der Waals surface area contributed by atoms with Crippen molar-refractivity contribution in [1.29, 1.82) is 0 Å². The Bertz CT molecular complexity index is 821. The van der Waals surface area contributed by atoms with Crippen molar-refractivity contribution < 1.29 is 8.94 Å². The molecule has 0 bridgehead atoms. The van der Waals surface area contributed by atoms with Crippen molar-refractivity contribution in [2.75, 3.05) is 5.73 Å². The number of rotatable bonds is 2. The molecule has 0 aliphatic rings. The number of halogens is 2. The van der Waals surface area contributed by atoms with Gasteiger partial charge in [-0.1, -0.05) is 34.4 Å². The maximum atomic E-state index is 6.26. The lowest BCUT2D eigenvalue weighted by molar-refractivity contribution is 0.439. The van der Waals surface area contributed by atoms with E-state index < -0.39 is 0 Å². The second kappa shape index (κ2) is 5.13. The lowest BCUT2D eigenvalue weighted by Crippen LogP contribution is -1.89. The minimum Gasteiger partial charge on any atom is -0.466 e. The van der Waals surface area contributed by atoms with Crippen LogP contribution in [0.25, 0.3) is 22.4 Å². The minimum absolute atomic E-state index is 0.201. The molecule has 0 atom stereocenters. The average Bonchev–Trinajstić information content (AvgIpc) is 2.93. The molecule has 0 spiro atoms. The number of nitrogen functional groups attached to an aromatic ring is 1. The Balaban J connectivity index is 2.24. The molecule has 2 aromatic heterocycles. The van der Waals surface area contributed by atoms with E-state index in [4.69, 9.17) is 37.9 Å². The average molecular weight is 323 g/mol. The molecule has 6 heteroatoms. The van der Waals surface area contributed by atoms with E-state index in [2.05, 4.69) is 5.16 Å². The molecule has 0 aliphatic heterocycles. The van der Waals surface area contributed by atoms with Crippen molar-refractivity contribution in [2.45, 2.75) is 13.8 Å². The largest absolute Gasteiger partial charge is 0.466 e. The molecule has 3 rings (SSSR count). The van der Waals surface area contributed by atoms with Gasteiger partial charge in [0.25, 0.3) is 0 Å². The molecular formula is C15H12Cl2N2O2. The smallest absolute Gasteiger partial charge is 0.230 e. The first-order chi connectivity index (χ1) is 9.97. The van der Waals surface area contributed by atoms with Gasteiger partial charge in [-0.3, -0.25) is 0 Å². The van der Waals surface area contributed by atoms with Crippen molar-refractivity contribution in [3.05, 3.63) is 45.8 Å². The third-order valence-corrected chi connectivity index (χ3v) is 3.76. The molecule has 0 aliphatic carbocycles. The molecule has 0 unspecified atom stereocenters. The number of furan rings is 1. The standard InChI is InChI=1S/C15H12Cl2N2O2/c1-7-5-11(8(2)20-7)14-13(15(18)21-19-14)10-4-3-9(16)6-12(10)17/h3-6H,18H2,1-2H3. The summed E-state index contributed by atoms with van der Waals surface area (Å²) in [6.07, 6.45) is 0. The Morgan fingerprint density at radius 2 is 1.86 bits per heavy atom. The summed E-state index contributed by atoms with van der Waals surface area (Å²) in [6, 6.07) is 7.08. The maximum absolute atomic E-state index is 6.26. The molecule has 0 saturated heterocycles. The van der Waals surface area contributed by atoms with Crippen LogP contribution in [0.4, 0.5) is 5.88 Å². The Morgan fingerprint density at radius 3 is 2.48 bits per heavy atom. The highest BCUT2D eigenvalue weighted by molar-refractivity contribution is 6.36. The summed E-state index contributed by atoms with van der Waals surface area (Å²) in [5.74, 6) is 1.73. The van der Waals surface area contributed by atoms with E-state index in [1.165, 1.54) is 0 Å². The highest BCUT2D eigenvalue weighted by Crippen LogP contribution is 2.41. The Hall–Kier alpha value is -1.91. The highest BCUT2D eigenvalue weighted by Gasteiger charge is 2.22. The fourth-order valence-corrected chi connectivity index (χ4v) is 2.81. The van der Waals surface area contributed by atoms with Crippen LogP contribution >= 0.6 is 23.2 Å². The van der Waals surface area contributed by atoms with Crippen molar-refractivity contribution in [1.82, 2.24) is 5.16 Å². The topological polar surface area (TPSA) is 65.2 Å². The van der Waals surface area contributed by atoms with E-state index >= 15 is 0 Å². The minimum atomic E-state index is 0.201. The summed E-state index contributed by atoms with van der Waals surface area (Å²) < 4.78 is 10.7. The number of nitrogens with zero attached hydrogens (tertiary/aromatic N) is 1. The van der Waals surface area contributed by atoms with Gasteiger partial charge >= 0.3 is 0 Å². The number of anilines is 1. The van der Waals surface area contributed by atoms with Crippen molar-refractivity contribution in [3.8, 4) is 22.4 Å². The zero-order chi connectivity index (χ0) is 15.1. The quantitative estimate of drug-likeness (QED) is 0.712. The van der Waals surface area contributed by atoms with E-state index in [0.717, 1.165) is 17.1 Å². The van der Waals surface area contributed by atoms with Crippen LogP contribution in [0.5, 0.6) is 0 Å². The van der Waals surface area contributed by atoms with E-state index in [0.29, 0.717) is 26.9 Å². The molecule has 1 aromatic carbocycles. The van der Waals surface area contributed by atoms with Gasteiger partial charge in [-0.25, -0.2) is 0 Å². The fraction of sp³-hybridized carbons (Fsp3) is 0.133. The van der Waals surface area contributed by atoms with E-state index in [-0.39, 0.29) is 5.88 Å². The number of hydrogen-bond donors (Lipinski definition) is 1. The molecular weight excluding hydrogens is 311 g/mol. The Labute approximate surface area is 131 Å². The fourth-order valence-electron chi connectivity index (χ4n) is 2.31. The van der Waals surface area contributed by atoms with Gasteiger partial charge in [0.1, 0.15) is 17.2 Å². The first-order valence-corrected chi connectivity index (χ1v) is 7.01. The molecule has 0 saturated carbocycles. The van der Waals surface area contributed by atoms with Gasteiger partial charge in [0.2, 0.25) is 5.88 Å². The molecule has 0 radical (unpaired) electrons. The van der Waals surface area contributed by atoms with E-state index in [1.807, 2.05) is 19.9 Å². The molecule has 2 heterocycles. The third kappa shape index (κ3) is 2.41. The van der Waals surface area contributed by atoms with Crippen molar-refractivity contribution in [3.63, 3.8) is 0 Å². The summed E-state index contributed by atoms with van der Waals surface area (Å²) in [5.41, 5.74) is 8.71. The summed E-state index contributed by atoms with van der Waals surface area (Å²) in [6.45, 7) is 3.73. The molecule has 0 amide bonds. The monoisotopic (exact) mass is 322 g/mol. The van der Waals surface area contributed by atoms with Crippen molar-refractivity contribution in [2.24, 2.45) is 0 Å². The van der Waals surface area contributed by atoms with Gasteiger partial charge in [0.05, 0.1) is 10.6 Å². The molecule has 4 nitrogen and oxygen atoms in total. The molecule has 0 fully saturated rings. The zero-order valence-corrected chi connectivity index (χ0v) is 12.9. The number of aromatic nitrogens is 1. The van der Waals surface area contributed by atoms with Gasteiger partial charge in [0, 0.05) is 16.1 Å². The predicted octanol–water partition coefficient (Wildman–Crippen LogP) is 5.11. The van der Waals surface area contributed by atoms with E-state index in [1.54, 1.807) is 18.2 Å². The first kappa shape index (κ1) is 14.0. The normalized spacial score (nSPS) is 11.0. The zero-order valence-electron chi connectivity index (χ0n) is 11.4.